The van der Waals surface area contributed by atoms with Gasteiger partial charge in [-0.3, -0.25) is 0 Å². The van der Waals surface area contributed by atoms with Crippen LogP contribution >= 0.6 is 22.9 Å². The third-order valence-corrected chi connectivity index (χ3v) is 4.43. The average molecular weight is 296 g/mol. The topological polar surface area (TPSA) is 21.3 Å². The Morgan fingerprint density at radius 3 is 2.74 bits per heavy atom. The summed E-state index contributed by atoms with van der Waals surface area (Å²) in [5.41, 5.74) is 2.35. The van der Waals surface area contributed by atoms with Crippen molar-refractivity contribution in [2.24, 2.45) is 0 Å². The average Bonchev–Trinajstić information content (AvgIpc) is 2.82. The molecule has 0 saturated heterocycles. The number of hydrogen-bond acceptors (Lipinski definition) is 3. The summed E-state index contributed by atoms with van der Waals surface area (Å²) in [7, 11) is 1.70. The molecule has 0 spiro atoms. The summed E-state index contributed by atoms with van der Waals surface area (Å²) in [6.45, 7) is 5.05. The van der Waals surface area contributed by atoms with E-state index in [1.54, 1.807) is 18.4 Å². The number of methoxy groups -OCH3 is 1. The molecule has 1 aromatic heterocycles. The van der Waals surface area contributed by atoms with Crippen LogP contribution in [0.25, 0.3) is 0 Å². The summed E-state index contributed by atoms with van der Waals surface area (Å²) in [5.74, 6) is 0.890. The molecule has 0 bridgehead atoms. The maximum atomic E-state index is 6.29. The van der Waals surface area contributed by atoms with Crippen LogP contribution in [0.3, 0.4) is 0 Å². The third-order valence-electron chi connectivity index (χ3n) is 3.01. The van der Waals surface area contributed by atoms with Crippen molar-refractivity contribution in [1.82, 2.24) is 5.32 Å². The van der Waals surface area contributed by atoms with Gasteiger partial charge in [-0.05, 0) is 31.0 Å². The Kier molecular flexibility index (Phi) is 4.86. The van der Waals surface area contributed by atoms with Gasteiger partial charge in [-0.1, -0.05) is 36.2 Å². The Bertz CT molecular complexity index is 553. The predicted octanol–water partition coefficient (Wildman–Crippen LogP) is 4.42. The molecule has 0 amide bonds. The number of ether oxygens (including phenoxy) is 1. The Labute approximate surface area is 123 Å². The van der Waals surface area contributed by atoms with E-state index in [-0.39, 0.29) is 6.04 Å². The third kappa shape index (κ3) is 3.11. The van der Waals surface area contributed by atoms with Crippen molar-refractivity contribution in [2.45, 2.75) is 19.9 Å². The van der Waals surface area contributed by atoms with Gasteiger partial charge in [-0.25, -0.2) is 0 Å². The molecule has 0 saturated carbocycles. The normalized spacial score (nSPS) is 12.4. The van der Waals surface area contributed by atoms with Gasteiger partial charge in [0.25, 0.3) is 0 Å². The molecule has 0 aliphatic carbocycles. The van der Waals surface area contributed by atoms with E-state index in [1.165, 1.54) is 5.56 Å². The number of rotatable bonds is 5. The lowest BCUT2D eigenvalue weighted by Gasteiger charge is -2.20. The lowest BCUT2D eigenvalue weighted by Crippen LogP contribution is -2.22. The lowest BCUT2D eigenvalue weighted by molar-refractivity contribution is 0.404. The minimum atomic E-state index is 0.0762. The molecule has 4 heteroatoms. The highest BCUT2D eigenvalue weighted by Gasteiger charge is 2.21. The molecule has 19 heavy (non-hydrogen) atoms. The van der Waals surface area contributed by atoms with Crippen LogP contribution in [0.1, 0.15) is 29.0 Å². The second kappa shape index (κ2) is 6.42. The quantitative estimate of drug-likeness (QED) is 0.882. The molecule has 1 heterocycles. The first-order valence-corrected chi connectivity index (χ1v) is 7.54. The smallest absolute Gasteiger partial charge is 0.124 e. The molecule has 1 unspecified atom stereocenters. The van der Waals surface area contributed by atoms with Gasteiger partial charge in [-0.15, -0.1) is 11.3 Å². The maximum absolute atomic E-state index is 6.29. The van der Waals surface area contributed by atoms with Crippen LogP contribution < -0.4 is 10.1 Å². The first kappa shape index (κ1) is 14.4. The van der Waals surface area contributed by atoms with Gasteiger partial charge >= 0.3 is 0 Å². The monoisotopic (exact) mass is 295 g/mol. The largest absolute Gasteiger partial charge is 0.496 e. The van der Waals surface area contributed by atoms with E-state index in [9.17, 15) is 0 Å². The Morgan fingerprint density at radius 1 is 1.37 bits per heavy atom. The van der Waals surface area contributed by atoms with Crippen molar-refractivity contribution in [2.75, 3.05) is 13.7 Å². The Morgan fingerprint density at radius 2 is 2.16 bits per heavy atom. The van der Waals surface area contributed by atoms with E-state index in [1.807, 2.05) is 17.5 Å². The summed E-state index contributed by atoms with van der Waals surface area (Å²) < 4.78 is 5.49. The molecule has 2 aromatic rings. The molecule has 2 nitrogen and oxygen atoms in total. The SMILES string of the molecule is CCNC(c1cc(C)ccc1OC)c1sccc1Cl. The number of hydrogen-bond donors (Lipinski definition) is 1. The van der Waals surface area contributed by atoms with Crippen molar-refractivity contribution in [3.63, 3.8) is 0 Å². The van der Waals surface area contributed by atoms with E-state index >= 15 is 0 Å². The number of aryl methyl sites for hydroxylation is 1. The minimum absolute atomic E-state index is 0.0762. The second-order valence-corrected chi connectivity index (χ2v) is 5.72. The highest BCUT2D eigenvalue weighted by atomic mass is 35.5. The van der Waals surface area contributed by atoms with Crippen LogP contribution in [0, 0.1) is 6.92 Å². The molecule has 1 N–H and O–H groups in total. The first-order valence-electron chi connectivity index (χ1n) is 6.28. The highest BCUT2D eigenvalue weighted by Crippen LogP contribution is 2.37. The molecular weight excluding hydrogens is 278 g/mol. The predicted molar refractivity (Wildman–Crippen MR) is 82.6 cm³/mol. The molecule has 102 valence electrons. The fourth-order valence-corrected chi connectivity index (χ4v) is 3.40. The summed E-state index contributed by atoms with van der Waals surface area (Å²) in [6, 6.07) is 8.24. The van der Waals surface area contributed by atoms with Crippen molar-refractivity contribution < 1.29 is 4.74 Å². The zero-order valence-electron chi connectivity index (χ0n) is 11.4. The van der Waals surface area contributed by atoms with Gasteiger partial charge in [0.05, 0.1) is 18.2 Å². The summed E-state index contributed by atoms with van der Waals surface area (Å²) in [5, 5.41) is 6.31. The van der Waals surface area contributed by atoms with E-state index in [0.717, 1.165) is 27.8 Å². The number of halogens is 1. The molecule has 1 aromatic carbocycles. The van der Waals surface area contributed by atoms with E-state index in [2.05, 4.69) is 31.3 Å². The number of thiophene rings is 1. The van der Waals surface area contributed by atoms with Gasteiger partial charge in [0.1, 0.15) is 5.75 Å². The summed E-state index contributed by atoms with van der Waals surface area (Å²) in [6.07, 6.45) is 0. The maximum Gasteiger partial charge on any atom is 0.124 e. The van der Waals surface area contributed by atoms with Crippen LogP contribution in [0.2, 0.25) is 5.02 Å². The van der Waals surface area contributed by atoms with Gasteiger partial charge in [-0.2, -0.15) is 0 Å². The van der Waals surface area contributed by atoms with Crippen molar-refractivity contribution in [3.8, 4) is 5.75 Å². The van der Waals surface area contributed by atoms with Gasteiger partial charge < -0.3 is 10.1 Å². The van der Waals surface area contributed by atoms with E-state index < -0.39 is 0 Å². The van der Waals surface area contributed by atoms with Crippen molar-refractivity contribution in [3.05, 3.63) is 50.7 Å². The molecule has 2 rings (SSSR count). The number of nitrogens with one attached hydrogen (secondary N) is 1. The fraction of sp³-hybridized carbons (Fsp3) is 0.333. The van der Waals surface area contributed by atoms with Crippen LogP contribution in [0.4, 0.5) is 0 Å². The van der Waals surface area contributed by atoms with Crippen LogP contribution in [0.15, 0.2) is 29.6 Å². The molecule has 0 fully saturated rings. The lowest BCUT2D eigenvalue weighted by atomic mass is 10.0. The first-order chi connectivity index (χ1) is 9.17. The Hall–Kier alpha value is -1.03. The molecular formula is C15H18ClNOS. The van der Waals surface area contributed by atoms with E-state index in [4.69, 9.17) is 16.3 Å². The fourth-order valence-electron chi connectivity index (χ4n) is 2.14. The summed E-state index contributed by atoms with van der Waals surface area (Å²) in [4.78, 5) is 1.13. The standard InChI is InChI=1S/C15H18ClNOS/c1-4-17-14(15-12(16)7-8-19-15)11-9-10(2)5-6-13(11)18-3/h5-9,14,17H,4H2,1-3H3. The molecule has 1 atom stereocenters. The van der Waals surface area contributed by atoms with Crippen LogP contribution in [-0.4, -0.2) is 13.7 Å². The van der Waals surface area contributed by atoms with Crippen LogP contribution in [0.5, 0.6) is 5.75 Å². The number of benzene rings is 1. The Balaban J connectivity index is 2.50. The van der Waals surface area contributed by atoms with Gasteiger partial charge in [0.2, 0.25) is 0 Å². The second-order valence-electron chi connectivity index (χ2n) is 4.37. The molecule has 0 radical (unpaired) electrons. The minimum Gasteiger partial charge on any atom is -0.496 e. The van der Waals surface area contributed by atoms with Gasteiger partial charge in [0.15, 0.2) is 0 Å². The van der Waals surface area contributed by atoms with Crippen LogP contribution in [-0.2, 0) is 0 Å². The molecule has 0 aliphatic rings. The van der Waals surface area contributed by atoms with E-state index in [0.29, 0.717) is 0 Å². The zero-order chi connectivity index (χ0) is 13.8. The molecule has 0 aliphatic heterocycles. The highest BCUT2D eigenvalue weighted by molar-refractivity contribution is 7.10. The van der Waals surface area contributed by atoms with Gasteiger partial charge in [0, 0.05) is 10.4 Å². The van der Waals surface area contributed by atoms with Crippen molar-refractivity contribution >= 4 is 22.9 Å². The summed E-state index contributed by atoms with van der Waals surface area (Å²) >= 11 is 7.95. The van der Waals surface area contributed by atoms with Crippen molar-refractivity contribution in [1.29, 1.82) is 0 Å². The zero-order valence-corrected chi connectivity index (χ0v) is 12.9.